The first-order valence-corrected chi connectivity index (χ1v) is 6.66. The van der Waals surface area contributed by atoms with Crippen LogP contribution in [0.3, 0.4) is 0 Å². The van der Waals surface area contributed by atoms with Gasteiger partial charge in [0.25, 0.3) is 5.91 Å². The van der Waals surface area contributed by atoms with Crippen molar-refractivity contribution in [3.63, 3.8) is 0 Å². The zero-order valence-electron chi connectivity index (χ0n) is 12.2. The van der Waals surface area contributed by atoms with Gasteiger partial charge in [0.2, 0.25) is 0 Å². The molecule has 1 aliphatic rings. The Morgan fingerprint density at radius 3 is 2.80 bits per heavy atom. The first-order chi connectivity index (χ1) is 9.69. The fourth-order valence-electron chi connectivity index (χ4n) is 2.57. The number of hydrogen-bond donors (Lipinski definition) is 0. The first kappa shape index (κ1) is 14.8. The van der Waals surface area contributed by atoms with E-state index in [1.54, 1.807) is 33.5 Å². The summed E-state index contributed by atoms with van der Waals surface area (Å²) in [7, 11) is 4.91. The average Bonchev–Trinajstić information content (AvgIpc) is 2.90. The Morgan fingerprint density at radius 2 is 2.15 bits per heavy atom. The highest BCUT2D eigenvalue weighted by molar-refractivity contribution is 5.95. The van der Waals surface area contributed by atoms with Gasteiger partial charge in [-0.1, -0.05) is 6.07 Å². The van der Waals surface area contributed by atoms with Gasteiger partial charge < -0.3 is 19.1 Å². The van der Waals surface area contributed by atoms with Crippen LogP contribution in [0.15, 0.2) is 24.3 Å². The minimum absolute atomic E-state index is 0.00880. The van der Waals surface area contributed by atoms with Crippen LogP contribution >= 0.6 is 0 Å². The molecule has 0 N–H and O–H groups in total. The Hall–Kier alpha value is -1.59. The van der Waals surface area contributed by atoms with Crippen LogP contribution in [0.25, 0.3) is 0 Å². The predicted molar refractivity (Wildman–Crippen MR) is 75.1 cm³/mol. The highest BCUT2D eigenvalue weighted by Crippen LogP contribution is 2.24. The molecule has 1 aromatic carbocycles. The van der Waals surface area contributed by atoms with E-state index in [0.717, 1.165) is 6.42 Å². The van der Waals surface area contributed by atoms with Crippen LogP contribution in [-0.2, 0) is 9.47 Å². The van der Waals surface area contributed by atoms with E-state index >= 15 is 0 Å². The number of rotatable bonds is 5. The molecule has 1 aliphatic heterocycles. The maximum Gasteiger partial charge on any atom is 0.254 e. The molecule has 1 heterocycles. The molecule has 1 aromatic rings. The zero-order chi connectivity index (χ0) is 14.5. The molecule has 20 heavy (non-hydrogen) atoms. The van der Waals surface area contributed by atoms with Gasteiger partial charge in [-0.05, 0) is 24.6 Å². The number of carbonyl (C=O) groups excluding carboxylic acids is 1. The van der Waals surface area contributed by atoms with Crippen LogP contribution in [0, 0.1) is 0 Å². The molecule has 1 saturated heterocycles. The van der Waals surface area contributed by atoms with Gasteiger partial charge in [0, 0.05) is 26.3 Å². The molecule has 5 nitrogen and oxygen atoms in total. The van der Waals surface area contributed by atoms with E-state index in [9.17, 15) is 4.79 Å². The van der Waals surface area contributed by atoms with Crippen molar-refractivity contribution in [2.45, 2.75) is 18.6 Å². The smallest absolute Gasteiger partial charge is 0.254 e. The van der Waals surface area contributed by atoms with Crippen LogP contribution in [0.4, 0.5) is 0 Å². The lowest BCUT2D eigenvalue weighted by atomic mass is 10.1. The van der Waals surface area contributed by atoms with Crippen molar-refractivity contribution in [2.24, 2.45) is 0 Å². The SMILES string of the molecule is COC[C@@H]1C[C@H](OC)CN1C(=O)c1cccc(OC)c1. The van der Waals surface area contributed by atoms with Gasteiger partial charge in [0.05, 0.1) is 25.9 Å². The molecule has 2 atom stereocenters. The summed E-state index contributed by atoms with van der Waals surface area (Å²) in [5.41, 5.74) is 0.627. The van der Waals surface area contributed by atoms with Crippen LogP contribution in [-0.4, -0.2) is 57.4 Å². The number of hydrogen-bond acceptors (Lipinski definition) is 4. The van der Waals surface area contributed by atoms with E-state index in [-0.39, 0.29) is 18.1 Å². The Kier molecular flexibility index (Phi) is 4.98. The van der Waals surface area contributed by atoms with Gasteiger partial charge in [-0.2, -0.15) is 0 Å². The maximum absolute atomic E-state index is 12.6. The second-order valence-electron chi connectivity index (χ2n) is 4.89. The highest BCUT2D eigenvalue weighted by atomic mass is 16.5. The van der Waals surface area contributed by atoms with Crippen LogP contribution < -0.4 is 4.74 Å². The number of likely N-dealkylation sites (tertiary alicyclic amines) is 1. The van der Waals surface area contributed by atoms with E-state index in [0.29, 0.717) is 24.5 Å². The highest BCUT2D eigenvalue weighted by Gasteiger charge is 2.35. The lowest BCUT2D eigenvalue weighted by Gasteiger charge is -2.24. The van der Waals surface area contributed by atoms with Gasteiger partial charge in [-0.25, -0.2) is 0 Å². The number of carbonyl (C=O) groups is 1. The van der Waals surface area contributed by atoms with Crippen molar-refractivity contribution < 1.29 is 19.0 Å². The molecular weight excluding hydrogens is 258 g/mol. The topological polar surface area (TPSA) is 48.0 Å². The Morgan fingerprint density at radius 1 is 1.35 bits per heavy atom. The minimum Gasteiger partial charge on any atom is -0.497 e. The third-order valence-electron chi connectivity index (χ3n) is 3.65. The third-order valence-corrected chi connectivity index (χ3v) is 3.65. The van der Waals surface area contributed by atoms with Crippen molar-refractivity contribution in [1.82, 2.24) is 4.90 Å². The van der Waals surface area contributed by atoms with Crippen molar-refractivity contribution in [3.05, 3.63) is 29.8 Å². The van der Waals surface area contributed by atoms with E-state index < -0.39 is 0 Å². The molecule has 0 bridgehead atoms. The molecule has 1 fully saturated rings. The summed E-state index contributed by atoms with van der Waals surface area (Å²) < 4.78 is 15.7. The predicted octanol–water partition coefficient (Wildman–Crippen LogP) is 1.57. The van der Waals surface area contributed by atoms with Crippen LogP contribution in [0.2, 0.25) is 0 Å². The molecular formula is C15H21NO4. The number of amides is 1. The fraction of sp³-hybridized carbons (Fsp3) is 0.533. The molecule has 0 unspecified atom stereocenters. The summed E-state index contributed by atoms with van der Waals surface area (Å²) in [5, 5.41) is 0. The second-order valence-corrected chi connectivity index (χ2v) is 4.89. The summed E-state index contributed by atoms with van der Waals surface area (Å²) >= 11 is 0. The molecule has 0 saturated carbocycles. The number of nitrogens with zero attached hydrogens (tertiary/aromatic N) is 1. The minimum atomic E-state index is -0.00880. The van der Waals surface area contributed by atoms with Gasteiger partial charge in [-0.3, -0.25) is 4.79 Å². The van der Waals surface area contributed by atoms with Crippen molar-refractivity contribution in [2.75, 3.05) is 34.5 Å². The van der Waals surface area contributed by atoms with E-state index in [2.05, 4.69) is 0 Å². The van der Waals surface area contributed by atoms with Crippen LogP contribution in [0.1, 0.15) is 16.8 Å². The second kappa shape index (κ2) is 6.72. The summed E-state index contributed by atoms with van der Waals surface area (Å²) in [6, 6.07) is 7.26. The zero-order valence-corrected chi connectivity index (χ0v) is 12.2. The van der Waals surface area contributed by atoms with E-state index in [1.807, 2.05) is 17.0 Å². The summed E-state index contributed by atoms with van der Waals surface area (Å²) in [5.74, 6) is 0.673. The fourth-order valence-corrected chi connectivity index (χ4v) is 2.57. The Bertz CT molecular complexity index is 463. The standard InChI is InChI=1S/C15H21NO4/c1-18-10-12-8-14(20-3)9-16(12)15(17)11-5-4-6-13(7-11)19-2/h4-7,12,14H,8-10H2,1-3H3/t12-,14-/m0/s1. The Labute approximate surface area is 119 Å². The molecule has 1 amide bonds. The first-order valence-electron chi connectivity index (χ1n) is 6.66. The lowest BCUT2D eigenvalue weighted by molar-refractivity contribution is 0.0612. The van der Waals surface area contributed by atoms with Gasteiger partial charge in [0.1, 0.15) is 5.75 Å². The van der Waals surface area contributed by atoms with E-state index in [1.165, 1.54) is 0 Å². The molecule has 0 spiro atoms. The van der Waals surface area contributed by atoms with Crippen molar-refractivity contribution >= 4 is 5.91 Å². The number of methoxy groups -OCH3 is 3. The molecule has 110 valence electrons. The molecule has 5 heteroatoms. The van der Waals surface area contributed by atoms with E-state index in [4.69, 9.17) is 14.2 Å². The van der Waals surface area contributed by atoms with Crippen LogP contribution in [0.5, 0.6) is 5.75 Å². The van der Waals surface area contributed by atoms with Crippen molar-refractivity contribution in [1.29, 1.82) is 0 Å². The number of benzene rings is 1. The molecule has 0 aliphatic carbocycles. The monoisotopic (exact) mass is 279 g/mol. The average molecular weight is 279 g/mol. The molecule has 2 rings (SSSR count). The van der Waals surface area contributed by atoms with Gasteiger partial charge in [0.15, 0.2) is 0 Å². The molecule has 0 aromatic heterocycles. The molecule has 0 radical (unpaired) electrons. The summed E-state index contributed by atoms with van der Waals surface area (Å²) in [4.78, 5) is 14.4. The maximum atomic E-state index is 12.6. The number of ether oxygens (including phenoxy) is 3. The largest absolute Gasteiger partial charge is 0.497 e. The normalized spacial score (nSPS) is 22.1. The quantitative estimate of drug-likeness (QED) is 0.821. The third kappa shape index (κ3) is 3.11. The summed E-state index contributed by atoms with van der Waals surface area (Å²) in [6.07, 6.45) is 0.879. The van der Waals surface area contributed by atoms with Gasteiger partial charge in [-0.15, -0.1) is 0 Å². The van der Waals surface area contributed by atoms with Gasteiger partial charge >= 0.3 is 0 Å². The lowest BCUT2D eigenvalue weighted by Crippen LogP contribution is -2.38. The Balaban J connectivity index is 2.17. The van der Waals surface area contributed by atoms with Crippen molar-refractivity contribution in [3.8, 4) is 5.75 Å². The summed E-state index contributed by atoms with van der Waals surface area (Å²) in [6.45, 7) is 1.12.